The number of aliphatic hydroxyl groups excluding tert-OH is 1. The van der Waals surface area contributed by atoms with Gasteiger partial charge < -0.3 is 10.8 Å². The van der Waals surface area contributed by atoms with Crippen LogP contribution in [0, 0.1) is 6.92 Å². The van der Waals surface area contributed by atoms with Crippen LogP contribution in [0.3, 0.4) is 0 Å². The van der Waals surface area contributed by atoms with Crippen LogP contribution < -0.4 is 5.73 Å². The predicted molar refractivity (Wildman–Crippen MR) is 91.0 cm³/mol. The van der Waals surface area contributed by atoms with Crippen LogP contribution in [0.5, 0.6) is 0 Å². The molecule has 0 heterocycles. The van der Waals surface area contributed by atoms with Gasteiger partial charge in [-0.3, -0.25) is 0 Å². The predicted octanol–water partition coefficient (Wildman–Crippen LogP) is 3.91. The maximum absolute atomic E-state index is 10.9. The maximum atomic E-state index is 10.9. The molecule has 0 saturated carbocycles. The van der Waals surface area contributed by atoms with Crippen molar-refractivity contribution < 1.29 is 5.11 Å². The number of hydrogen-bond donors (Lipinski definition) is 2. The van der Waals surface area contributed by atoms with E-state index in [9.17, 15) is 5.11 Å². The molecule has 0 aliphatic heterocycles. The lowest BCUT2D eigenvalue weighted by Crippen LogP contribution is -2.03. The van der Waals surface area contributed by atoms with Gasteiger partial charge in [-0.25, -0.2) is 0 Å². The van der Waals surface area contributed by atoms with Crippen molar-refractivity contribution in [3.63, 3.8) is 0 Å². The van der Waals surface area contributed by atoms with Gasteiger partial charge in [0.1, 0.15) is 6.10 Å². The molecule has 1 aliphatic rings. The number of aliphatic hydroxyl groups is 1. The summed E-state index contributed by atoms with van der Waals surface area (Å²) in [6, 6.07) is 16.4. The standard InChI is InChI=1S/C20H19NO/c1-12-5-6-15(11-18(12)21)20(22)17-10-9-14-8-7-13-3-2-4-16(17)19(13)14/h2-6,9-11,20,22H,7-8,21H2,1H3/t20-/m0/s1. The van der Waals surface area contributed by atoms with E-state index in [2.05, 4.69) is 30.3 Å². The van der Waals surface area contributed by atoms with Gasteiger partial charge in [-0.05, 0) is 64.4 Å². The maximum Gasteiger partial charge on any atom is 0.105 e. The molecular formula is C20H19NO. The van der Waals surface area contributed by atoms with E-state index in [1.54, 1.807) is 0 Å². The molecule has 3 aromatic carbocycles. The normalized spacial score (nSPS) is 14.5. The molecule has 22 heavy (non-hydrogen) atoms. The summed E-state index contributed by atoms with van der Waals surface area (Å²) in [7, 11) is 0. The summed E-state index contributed by atoms with van der Waals surface area (Å²) in [6.07, 6.45) is 1.56. The number of benzene rings is 3. The van der Waals surface area contributed by atoms with Crippen LogP contribution in [0.2, 0.25) is 0 Å². The first-order chi connectivity index (χ1) is 10.6. The van der Waals surface area contributed by atoms with Crippen LogP contribution in [0.1, 0.15) is 33.9 Å². The summed E-state index contributed by atoms with van der Waals surface area (Å²) >= 11 is 0. The minimum Gasteiger partial charge on any atom is -0.399 e. The van der Waals surface area contributed by atoms with Crippen molar-refractivity contribution >= 4 is 16.5 Å². The lowest BCUT2D eigenvalue weighted by Gasteiger charge is -2.16. The third-order valence-corrected chi connectivity index (χ3v) is 4.82. The van der Waals surface area contributed by atoms with Crippen LogP contribution in [-0.2, 0) is 12.8 Å². The van der Waals surface area contributed by atoms with Crippen molar-refractivity contribution in [1.82, 2.24) is 0 Å². The van der Waals surface area contributed by atoms with Crippen molar-refractivity contribution in [3.8, 4) is 0 Å². The first-order valence-electron chi connectivity index (χ1n) is 7.72. The average Bonchev–Trinajstić information content (AvgIpc) is 2.95. The summed E-state index contributed by atoms with van der Waals surface area (Å²) in [6.45, 7) is 1.98. The number of anilines is 1. The van der Waals surface area contributed by atoms with Crippen LogP contribution >= 0.6 is 0 Å². The highest BCUT2D eigenvalue weighted by Gasteiger charge is 2.20. The zero-order chi connectivity index (χ0) is 15.3. The van der Waals surface area contributed by atoms with Crippen LogP contribution in [-0.4, -0.2) is 5.11 Å². The molecule has 0 fully saturated rings. The highest BCUT2D eigenvalue weighted by atomic mass is 16.3. The Balaban J connectivity index is 1.89. The topological polar surface area (TPSA) is 46.2 Å². The summed E-state index contributed by atoms with van der Waals surface area (Å²) in [5, 5.41) is 13.4. The second-order valence-electron chi connectivity index (χ2n) is 6.17. The Bertz CT molecular complexity index is 872. The number of aryl methyl sites for hydroxylation is 3. The van der Waals surface area contributed by atoms with Crippen LogP contribution in [0.4, 0.5) is 5.69 Å². The molecule has 0 bridgehead atoms. The van der Waals surface area contributed by atoms with Gasteiger partial charge in [0.25, 0.3) is 0 Å². The largest absolute Gasteiger partial charge is 0.399 e. The van der Waals surface area contributed by atoms with E-state index >= 15 is 0 Å². The number of hydrogen-bond acceptors (Lipinski definition) is 2. The number of nitrogen functional groups attached to an aromatic ring is 1. The molecule has 0 spiro atoms. The second kappa shape index (κ2) is 4.85. The second-order valence-corrected chi connectivity index (χ2v) is 6.17. The molecule has 0 unspecified atom stereocenters. The Morgan fingerprint density at radius 3 is 2.55 bits per heavy atom. The SMILES string of the molecule is Cc1ccc([C@H](O)c2ccc3c4c(cccc24)CC3)cc1N. The van der Waals surface area contributed by atoms with Crippen LogP contribution in [0.25, 0.3) is 10.8 Å². The fourth-order valence-electron chi connectivity index (χ4n) is 3.52. The Morgan fingerprint density at radius 1 is 1.00 bits per heavy atom. The van der Waals surface area contributed by atoms with E-state index in [0.717, 1.165) is 35.2 Å². The zero-order valence-corrected chi connectivity index (χ0v) is 12.6. The van der Waals surface area contributed by atoms with Crippen molar-refractivity contribution in [2.24, 2.45) is 0 Å². The molecule has 110 valence electrons. The van der Waals surface area contributed by atoms with E-state index in [1.165, 1.54) is 21.9 Å². The fraction of sp³-hybridized carbons (Fsp3) is 0.200. The van der Waals surface area contributed by atoms with Gasteiger partial charge in [0.15, 0.2) is 0 Å². The number of rotatable bonds is 2. The van der Waals surface area contributed by atoms with Crippen molar-refractivity contribution in [2.45, 2.75) is 25.9 Å². The summed E-state index contributed by atoms with van der Waals surface area (Å²) in [4.78, 5) is 0. The van der Waals surface area contributed by atoms with Crippen LogP contribution in [0.15, 0.2) is 48.5 Å². The lowest BCUT2D eigenvalue weighted by atomic mass is 9.93. The van der Waals surface area contributed by atoms with E-state index in [4.69, 9.17) is 5.73 Å². The van der Waals surface area contributed by atoms with Gasteiger partial charge in [0.05, 0.1) is 0 Å². The molecule has 0 saturated heterocycles. The molecule has 0 radical (unpaired) electrons. The monoisotopic (exact) mass is 289 g/mol. The van der Waals surface area contributed by atoms with Gasteiger partial charge >= 0.3 is 0 Å². The number of nitrogens with two attached hydrogens (primary N) is 1. The van der Waals surface area contributed by atoms with E-state index in [0.29, 0.717) is 0 Å². The smallest absolute Gasteiger partial charge is 0.105 e. The molecule has 4 rings (SSSR count). The van der Waals surface area contributed by atoms with E-state index < -0.39 is 6.10 Å². The average molecular weight is 289 g/mol. The van der Waals surface area contributed by atoms with E-state index in [-0.39, 0.29) is 0 Å². The molecule has 0 amide bonds. The first-order valence-corrected chi connectivity index (χ1v) is 7.72. The Hall–Kier alpha value is -2.32. The van der Waals surface area contributed by atoms with Gasteiger partial charge in [-0.1, -0.05) is 42.5 Å². The molecule has 0 aromatic heterocycles. The molecule has 3 aromatic rings. The minimum atomic E-state index is -0.646. The van der Waals surface area contributed by atoms with Crippen molar-refractivity contribution in [1.29, 1.82) is 0 Å². The Morgan fingerprint density at radius 2 is 1.77 bits per heavy atom. The highest BCUT2D eigenvalue weighted by Crippen LogP contribution is 2.37. The fourth-order valence-corrected chi connectivity index (χ4v) is 3.52. The van der Waals surface area contributed by atoms with Crippen molar-refractivity contribution in [3.05, 3.63) is 76.3 Å². The zero-order valence-electron chi connectivity index (χ0n) is 12.6. The Kier molecular flexibility index (Phi) is 2.95. The Labute approximate surface area is 130 Å². The van der Waals surface area contributed by atoms with Gasteiger partial charge in [-0.2, -0.15) is 0 Å². The third kappa shape index (κ3) is 1.92. The molecule has 1 atom stereocenters. The molecule has 3 N–H and O–H groups in total. The highest BCUT2D eigenvalue weighted by molar-refractivity contribution is 5.93. The molecule has 1 aliphatic carbocycles. The molecule has 2 heteroatoms. The summed E-state index contributed by atoms with van der Waals surface area (Å²) in [5.74, 6) is 0. The molecular weight excluding hydrogens is 270 g/mol. The van der Waals surface area contributed by atoms with Crippen molar-refractivity contribution in [2.75, 3.05) is 5.73 Å². The van der Waals surface area contributed by atoms with Gasteiger partial charge in [0.2, 0.25) is 0 Å². The van der Waals surface area contributed by atoms with Gasteiger partial charge in [0, 0.05) is 5.69 Å². The third-order valence-electron chi connectivity index (χ3n) is 4.82. The summed E-state index contributed by atoms with van der Waals surface area (Å²) in [5.41, 5.74) is 12.4. The minimum absolute atomic E-state index is 0.646. The lowest BCUT2D eigenvalue weighted by molar-refractivity contribution is 0.222. The van der Waals surface area contributed by atoms with E-state index in [1.807, 2.05) is 25.1 Å². The molecule has 2 nitrogen and oxygen atoms in total. The first kappa shape index (κ1) is 13.4. The quantitative estimate of drug-likeness (QED) is 0.703. The summed E-state index contributed by atoms with van der Waals surface area (Å²) < 4.78 is 0. The van der Waals surface area contributed by atoms with Gasteiger partial charge in [-0.15, -0.1) is 0 Å².